The fourth-order valence-electron chi connectivity index (χ4n) is 1.89. The molecule has 3 N–H and O–H groups in total. The zero-order valence-corrected chi connectivity index (χ0v) is 15.1. The highest BCUT2D eigenvalue weighted by Gasteiger charge is 2.22. The average Bonchev–Trinajstić information content (AvgIpc) is 2.46. The van der Waals surface area contributed by atoms with Gasteiger partial charge in [-0.15, -0.1) is 0 Å². The number of aliphatic carboxylic acids is 1. The third-order valence-electron chi connectivity index (χ3n) is 3.14. The topological polar surface area (TPSA) is 96.9 Å². The van der Waals surface area contributed by atoms with Crippen molar-refractivity contribution in [2.75, 3.05) is 19.5 Å². The summed E-state index contributed by atoms with van der Waals surface area (Å²) in [5.74, 6) is 0.117. The van der Waals surface area contributed by atoms with Crippen LogP contribution in [0.5, 0.6) is 11.5 Å². The highest BCUT2D eigenvalue weighted by Crippen LogP contribution is 2.36. The third-order valence-corrected chi connectivity index (χ3v) is 3.79. The predicted molar refractivity (Wildman–Crippen MR) is 90.3 cm³/mol. The molecule has 0 aliphatic carbocycles. The maximum absolute atomic E-state index is 12.1. The summed E-state index contributed by atoms with van der Waals surface area (Å²) in [6.07, 6.45) is 0.302. The van der Waals surface area contributed by atoms with Crippen molar-refractivity contribution in [3.63, 3.8) is 0 Å². The van der Waals surface area contributed by atoms with Crippen LogP contribution < -0.4 is 20.1 Å². The average molecular weight is 389 g/mol. The fourth-order valence-corrected chi connectivity index (χ4v) is 2.31. The lowest BCUT2D eigenvalue weighted by Crippen LogP contribution is -2.45. The van der Waals surface area contributed by atoms with E-state index in [2.05, 4.69) is 26.6 Å². The molecule has 8 heteroatoms. The highest BCUT2D eigenvalue weighted by atomic mass is 79.9. The Kier molecular flexibility index (Phi) is 6.68. The van der Waals surface area contributed by atoms with Crippen molar-refractivity contribution in [3.8, 4) is 11.5 Å². The second-order valence-electron chi connectivity index (χ2n) is 5.54. The zero-order valence-electron chi connectivity index (χ0n) is 13.5. The summed E-state index contributed by atoms with van der Waals surface area (Å²) in [4.78, 5) is 22.8. The van der Waals surface area contributed by atoms with Crippen molar-refractivity contribution >= 4 is 33.6 Å². The maximum atomic E-state index is 12.1. The molecule has 0 aliphatic rings. The van der Waals surface area contributed by atoms with Crippen LogP contribution >= 0.6 is 15.9 Å². The first kappa shape index (κ1) is 19.1. The number of amides is 2. The van der Waals surface area contributed by atoms with E-state index in [1.807, 2.05) is 0 Å². The summed E-state index contributed by atoms with van der Waals surface area (Å²) in [5, 5.41) is 14.2. The quantitative estimate of drug-likeness (QED) is 0.665. The van der Waals surface area contributed by atoms with Crippen molar-refractivity contribution in [3.05, 3.63) is 16.6 Å². The van der Waals surface area contributed by atoms with E-state index in [1.54, 1.807) is 26.0 Å². The lowest BCUT2D eigenvalue weighted by molar-refractivity contribution is -0.137. The lowest BCUT2D eigenvalue weighted by atomic mass is 9.99. The molecule has 1 aromatic carbocycles. The van der Waals surface area contributed by atoms with Crippen LogP contribution in [0, 0.1) is 0 Å². The van der Waals surface area contributed by atoms with Gasteiger partial charge in [-0.3, -0.25) is 4.79 Å². The van der Waals surface area contributed by atoms with Crippen LogP contribution in [-0.4, -0.2) is 36.9 Å². The third kappa shape index (κ3) is 5.97. The minimum absolute atomic E-state index is 0.0205. The molecule has 0 spiro atoms. The van der Waals surface area contributed by atoms with Gasteiger partial charge in [-0.2, -0.15) is 0 Å². The van der Waals surface area contributed by atoms with Crippen molar-refractivity contribution in [2.24, 2.45) is 0 Å². The molecular weight excluding hydrogens is 368 g/mol. The zero-order chi connectivity index (χ0) is 17.6. The Labute approximate surface area is 143 Å². The molecule has 0 saturated carbocycles. The summed E-state index contributed by atoms with van der Waals surface area (Å²) >= 11 is 3.35. The number of hydrogen-bond donors (Lipinski definition) is 3. The SMILES string of the molecule is COc1cc(Br)c(NC(=O)NC(C)(C)CCC(=O)O)cc1OC. The number of benzene rings is 1. The molecule has 0 radical (unpaired) electrons. The summed E-state index contributed by atoms with van der Waals surface area (Å²) in [5.41, 5.74) is -0.139. The second-order valence-corrected chi connectivity index (χ2v) is 6.40. The van der Waals surface area contributed by atoms with Gasteiger partial charge in [-0.25, -0.2) is 4.79 Å². The van der Waals surface area contributed by atoms with Crippen molar-refractivity contribution < 1.29 is 24.2 Å². The maximum Gasteiger partial charge on any atom is 0.319 e. The van der Waals surface area contributed by atoms with Crippen LogP contribution in [0.3, 0.4) is 0 Å². The first-order chi connectivity index (χ1) is 10.7. The van der Waals surface area contributed by atoms with E-state index < -0.39 is 17.5 Å². The van der Waals surface area contributed by atoms with Gasteiger partial charge in [0.1, 0.15) is 0 Å². The summed E-state index contributed by atoms with van der Waals surface area (Å²) < 4.78 is 11.0. The van der Waals surface area contributed by atoms with Crippen LogP contribution in [0.15, 0.2) is 16.6 Å². The van der Waals surface area contributed by atoms with Gasteiger partial charge in [0.05, 0.1) is 19.9 Å². The van der Waals surface area contributed by atoms with Gasteiger partial charge < -0.3 is 25.2 Å². The number of ether oxygens (including phenoxy) is 2. The molecule has 0 fully saturated rings. The summed E-state index contributed by atoms with van der Waals surface area (Å²) in [6.45, 7) is 3.53. The van der Waals surface area contributed by atoms with Crippen molar-refractivity contribution in [1.82, 2.24) is 5.32 Å². The van der Waals surface area contributed by atoms with Crippen LogP contribution in [0.25, 0.3) is 0 Å². The van der Waals surface area contributed by atoms with Crippen molar-refractivity contribution in [2.45, 2.75) is 32.2 Å². The molecular formula is C15H21BrN2O5. The Morgan fingerprint density at radius 3 is 2.30 bits per heavy atom. The van der Waals surface area contributed by atoms with Crippen LogP contribution in [0.2, 0.25) is 0 Å². The van der Waals surface area contributed by atoms with Gasteiger partial charge >= 0.3 is 12.0 Å². The Balaban J connectivity index is 2.79. The molecule has 0 bridgehead atoms. The number of nitrogens with one attached hydrogen (secondary N) is 2. The molecule has 7 nitrogen and oxygen atoms in total. The molecule has 0 atom stereocenters. The number of urea groups is 1. The van der Waals surface area contributed by atoms with E-state index in [-0.39, 0.29) is 6.42 Å². The standard InChI is InChI=1S/C15H21BrN2O5/c1-15(2,6-5-13(19)20)18-14(21)17-10-8-12(23-4)11(22-3)7-9(10)16/h7-8H,5-6H2,1-4H3,(H,19,20)(H2,17,18,21). The number of methoxy groups -OCH3 is 2. The lowest BCUT2D eigenvalue weighted by Gasteiger charge is -2.26. The minimum atomic E-state index is -0.900. The Bertz CT molecular complexity index is 589. The number of carbonyl (C=O) groups is 2. The molecule has 0 heterocycles. The number of halogens is 1. The van der Waals surface area contributed by atoms with Gasteiger partial charge in [-0.1, -0.05) is 0 Å². The molecule has 1 aromatic rings. The van der Waals surface area contributed by atoms with Gasteiger partial charge in [0, 0.05) is 28.6 Å². The van der Waals surface area contributed by atoms with E-state index in [0.29, 0.717) is 28.1 Å². The van der Waals surface area contributed by atoms with Gasteiger partial charge in [-0.05, 0) is 36.2 Å². The highest BCUT2D eigenvalue weighted by molar-refractivity contribution is 9.10. The fraction of sp³-hybridized carbons (Fsp3) is 0.467. The Morgan fingerprint density at radius 1 is 1.22 bits per heavy atom. The van der Waals surface area contributed by atoms with Crippen molar-refractivity contribution in [1.29, 1.82) is 0 Å². The van der Waals surface area contributed by atoms with E-state index in [4.69, 9.17) is 14.6 Å². The molecule has 2 amide bonds. The number of rotatable bonds is 7. The number of anilines is 1. The first-order valence-corrected chi connectivity index (χ1v) is 7.70. The van der Waals surface area contributed by atoms with Gasteiger partial charge in [0.15, 0.2) is 11.5 Å². The van der Waals surface area contributed by atoms with Gasteiger partial charge in [0.25, 0.3) is 0 Å². The van der Waals surface area contributed by atoms with E-state index in [9.17, 15) is 9.59 Å². The molecule has 1 rings (SSSR count). The number of hydrogen-bond acceptors (Lipinski definition) is 4. The normalized spacial score (nSPS) is 10.8. The van der Waals surface area contributed by atoms with Crippen LogP contribution in [0.4, 0.5) is 10.5 Å². The molecule has 0 aliphatic heterocycles. The minimum Gasteiger partial charge on any atom is -0.493 e. The summed E-state index contributed by atoms with van der Waals surface area (Å²) in [7, 11) is 3.03. The number of carboxylic acid groups (broad SMARTS) is 1. The molecule has 0 unspecified atom stereocenters. The predicted octanol–water partition coefficient (Wildman–Crippen LogP) is 3.23. The molecule has 128 valence electrons. The van der Waals surface area contributed by atoms with E-state index in [1.165, 1.54) is 14.2 Å². The second kappa shape index (κ2) is 8.05. The molecule has 0 saturated heterocycles. The van der Waals surface area contributed by atoms with E-state index in [0.717, 1.165) is 0 Å². The Hall–Kier alpha value is -1.96. The van der Waals surface area contributed by atoms with Crippen LogP contribution in [-0.2, 0) is 4.79 Å². The summed E-state index contributed by atoms with van der Waals surface area (Å²) in [6, 6.07) is 2.88. The van der Waals surface area contributed by atoms with Crippen LogP contribution in [0.1, 0.15) is 26.7 Å². The Morgan fingerprint density at radius 2 is 1.78 bits per heavy atom. The largest absolute Gasteiger partial charge is 0.493 e. The van der Waals surface area contributed by atoms with E-state index >= 15 is 0 Å². The number of carbonyl (C=O) groups excluding carboxylic acids is 1. The first-order valence-electron chi connectivity index (χ1n) is 6.91. The van der Waals surface area contributed by atoms with Gasteiger partial charge in [0.2, 0.25) is 0 Å². The monoisotopic (exact) mass is 388 g/mol. The molecule has 23 heavy (non-hydrogen) atoms. The smallest absolute Gasteiger partial charge is 0.319 e. The molecule has 0 aromatic heterocycles. The number of carboxylic acids is 1.